The summed E-state index contributed by atoms with van der Waals surface area (Å²) >= 11 is 1.79. The zero-order valence-corrected chi connectivity index (χ0v) is 22.8. The van der Waals surface area contributed by atoms with E-state index in [1.165, 1.54) is 10.4 Å². The number of aromatic amines is 1. The summed E-state index contributed by atoms with van der Waals surface area (Å²) in [7, 11) is 2.16. The highest BCUT2D eigenvalue weighted by molar-refractivity contribution is 7.09. The molecule has 1 atom stereocenters. The second-order valence-electron chi connectivity index (χ2n) is 10.4. The predicted molar refractivity (Wildman–Crippen MR) is 153 cm³/mol. The third-order valence-electron chi connectivity index (χ3n) is 6.56. The molecule has 0 spiro atoms. The molecule has 0 radical (unpaired) electrons. The molecule has 1 unspecified atom stereocenters. The van der Waals surface area contributed by atoms with E-state index in [1.807, 2.05) is 30.3 Å². The van der Waals surface area contributed by atoms with Gasteiger partial charge in [0.05, 0.1) is 11.0 Å². The summed E-state index contributed by atoms with van der Waals surface area (Å²) in [5.41, 5.74) is 4.95. The fourth-order valence-corrected chi connectivity index (χ4v) is 5.13. The maximum absolute atomic E-state index is 6.31. The molecule has 0 saturated heterocycles. The molecule has 5 rings (SSSR count). The third kappa shape index (κ3) is 5.68. The van der Waals surface area contributed by atoms with Crippen LogP contribution in [0.5, 0.6) is 11.6 Å². The Labute approximate surface area is 222 Å². The van der Waals surface area contributed by atoms with Crippen LogP contribution < -0.4 is 10.1 Å². The van der Waals surface area contributed by atoms with Crippen LogP contribution in [0.2, 0.25) is 0 Å². The van der Waals surface area contributed by atoms with E-state index in [1.54, 1.807) is 17.5 Å². The number of nitrogens with one attached hydrogen (secondary N) is 2. The summed E-state index contributed by atoms with van der Waals surface area (Å²) < 4.78 is 6.31. The van der Waals surface area contributed by atoms with Crippen molar-refractivity contribution >= 4 is 34.0 Å². The number of nitrogens with zero attached hydrogens (tertiary/aromatic N) is 3. The molecule has 0 aliphatic heterocycles. The predicted octanol–water partition coefficient (Wildman–Crippen LogP) is 8.05. The first kappa shape index (κ1) is 25.0. The molecule has 0 bridgehead atoms. The molecule has 7 heteroatoms. The lowest BCUT2D eigenvalue weighted by molar-refractivity contribution is 0.255. The van der Waals surface area contributed by atoms with Gasteiger partial charge >= 0.3 is 0 Å². The van der Waals surface area contributed by atoms with Crippen molar-refractivity contribution in [2.75, 3.05) is 12.4 Å². The van der Waals surface area contributed by atoms with E-state index in [0.717, 1.165) is 34.6 Å². The van der Waals surface area contributed by atoms with Gasteiger partial charge in [-0.2, -0.15) is 0 Å². The van der Waals surface area contributed by atoms with Crippen molar-refractivity contribution in [2.24, 2.45) is 0 Å². The van der Waals surface area contributed by atoms with Crippen LogP contribution in [0.1, 0.15) is 49.7 Å². The molecule has 6 nitrogen and oxygen atoms in total. The van der Waals surface area contributed by atoms with Crippen molar-refractivity contribution in [3.05, 3.63) is 94.3 Å². The summed E-state index contributed by atoms with van der Waals surface area (Å²) in [5, 5.41) is 5.50. The van der Waals surface area contributed by atoms with Gasteiger partial charge in [0.15, 0.2) is 0 Å². The summed E-state index contributed by atoms with van der Waals surface area (Å²) in [5.74, 6) is 1.95. The first-order chi connectivity index (χ1) is 17.8. The van der Waals surface area contributed by atoms with E-state index in [0.29, 0.717) is 11.8 Å². The Kier molecular flexibility index (Phi) is 7.00. The van der Waals surface area contributed by atoms with Crippen molar-refractivity contribution in [3.63, 3.8) is 0 Å². The van der Waals surface area contributed by atoms with Gasteiger partial charge in [-0.3, -0.25) is 4.90 Å². The lowest BCUT2D eigenvalue weighted by atomic mass is 9.86. The Balaban J connectivity index is 1.36. The highest BCUT2D eigenvalue weighted by Gasteiger charge is 2.20. The second kappa shape index (κ2) is 10.4. The maximum atomic E-state index is 6.31. The van der Waals surface area contributed by atoms with E-state index in [2.05, 4.69) is 96.7 Å². The fraction of sp³-hybridized carbons (Fsp3) is 0.267. The Morgan fingerprint density at radius 3 is 2.68 bits per heavy atom. The molecule has 2 aromatic carbocycles. The number of fused-ring (bicyclic) bond motifs is 1. The third-order valence-corrected chi connectivity index (χ3v) is 7.42. The van der Waals surface area contributed by atoms with Gasteiger partial charge in [0.25, 0.3) is 0 Å². The number of para-hydroxylation sites is 1. The van der Waals surface area contributed by atoms with Gasteiger partial charge in [-0.05, 0) is 66.7 Å². The number of ether oxygens (including phenoxy) is 1. The minimum Gasteiger partial charge on any atom is -0.437 e. The molecule has 0 fully saturated rings. The monoisotopic (exact) mass is 511 g/mol. The summed E-state index contributed by atoms with van der Waals surface area (Å²) in [6.07, 6.45) is 1.74. The molecule has 0 saturated carbocycles. The van der Waals surface area contributed by atoms with Crippen LogP contribution in [0.15, 0.2) is 78.3 Å². The number of anilines is 2. The number of hydrogen-bond donors (Lipinski definition) is 2. The molecule has 0 aliphatic carbocycles. The molecule has 3 aromatic heterocycles. The molecule has 5 aromatic rings. The average molecular weight is 512 g/mol. The average Bonchev–Trinajstić information content (AvgIpc) is 3.53. The summed E-state index contributed by atoms with van der Waals surface area (Å²) in [6, 6.07) is 22.9. The highest BCUT2D eigenvalue weighted by atomic mass is 32.1. The van der Waals surface area contributed by atoms with E-state index in [9.17, 15) is 0 Å². The van der Waals surface area contributed by atoms with Crippen molar-refractivity contribution in [3.8, 4) is 11.6 Å². The molecule has 0 amide bonds. The zero-order valence-electron chi connectivity index (χ0n) is 21.9. The van der Waals surface area contributed by atoms with Crippen LogP contribution in [0.4, 0.5) is 11.6 Å². The number of H-pyrrole nitrogens is 1. The Morgan fingerprint density at radius 1 is 1.05 bits per heavy atom. The maximum Gasteiger partial charge on any atom is 0.243 e. The number of thiophene rings is 1. The second-order valence-corrected chi connectivity index (χ2v) is 11.4. The Morgan fingerprint density at radius 2 is 1.89 bits per heavy atom. The summed E-state index contributed by atoms with van der Waals surface area (Å²) in [6.45, 7) is 9.69. The van der Waals surface area contributed by atoms with Gasteiger partial charge in [-0.25, -0.2) is 9.97 Å². The lowest BCUT2D eigenvalue weighted by Gasteiger charge is -2.24. The standard InChI is InChI=1S/C30H33N5OS/c1-20(35(5)19-22-10-9-17-37-22)21-14-15-24-26(18-21)34-29(32-24)33-25-12-8-16-31-28(25)36-27-13-7-6-11-23(27)30(2,3)4/h6-18,20H,19H2,1-5H3,(H2,32,33,34). The normalized spacial score (nSPS) is 12.7. The SMILES string of the molecule is CC(c1ccc2nc(Nc3cccnc3Oc3ccccc3C(C)(C)C)[nH]c2c1)N(C)Cc1cccs1. The molecule has 3 heterocycles. The number of rotatable bonds is 8. The van der Waals surface area contributed by atoms with Gasteiger partial charge in [0.2, 0.25) is 11.8 Å². The van der Waals surface area contributed by atoms with Crippen LogP contribution in [-0.4, -0.2) is 26.9 Å². The topological polar surface area (TPSA) is 66.1 Å². The molecule has 0 aliphatic rings. The van der Waals surface area contributed by atoms with Crippen LogP contribution in [0, 0.1) is 0 Å². The van der Waals surface area contributed by atoms with Crippen molar-refractivity contribution in [1.29, 1.82) is 0 Å². The van der Waals surface area contributed by atoms with Gasteiger partial charge in [0, 0.05) is 29.2 Å². The van der Waals surface area contributed by atoms with E-state index >= 15 is 0 Å². The molecule has 190 valence electrons. The molecular formula is C30H33N5OS. The number of aromatic nitrogens is 3. The van der Waals surface area contributed by atoms with E-state index in [-0.39, 0.29) is 11.5 Å². The molecule has 2 N–H and O–H groups in total. The minimum absolute atomic E-state index is 0.0512. The smallest absolute Gasteiger partial charge is 0.243 e. The fourth-order valence-electron chi connectivity index (χ4n) is 4.36. The van der Waals surface area contributed by atoms with Gasteiger partial charge in [0.1, 0.15) is 11.4 Å². The molecule has 37 heavy (non-hydrogen) atoms. The first-order valence-corrected chi connectivity index (χ1v) is 13.4. The van der Waals surface area contributed by atoms with E-state index in [4.69, 9.17) is 9.72 Å². The number of imidazole rings is 1. The number of benzene rings is 2. The van der Waals surface area contributed by atoms with Crippen LogP contribution in [0.3, 0.4) is 0 Å². The zero-order chi connectivity index (χ0) is 26.0. The van der Waals surface area contributed by atoms with Crippen LogP contribution in [-0.2, 0) is 12.0 Å². The minimum atomic E-state index is -0.0512. The van der Waals surface area contributed by atoms with Crippen molar-refractivity contribution in [1.82, 2.24) is 19.9 Å². The van der Waals surface area contributed by atoms with Crippen LogP contribution >= 0.6 is 11.3 Å². The quantitative estimate of drug-likeness (QED) is 0.221. The van der Waals surface area contributed by atoms with Gasteiger partial charge < -0.3 is 15.0 Å². The van der Waals surface area contributed by atoms with Crippen molar-refractivity contribution < 1.29 is 4.74 Å². The van der Waals surface area contributed by atoms with E-state index < -0.39 is 0 Å². The van der Waals surface area contributed by atoms with Crippen LogP contribution in [0.25, 0.3) is 11.0 Å². The first-order valence-electron chi connectivity index (χ1n) is 12.5. The Bertz CT molecular complexity index is 1490. The van der Waals surface area contributed by atoms with Gasteiger partial charge in [-0.1, -0.05) is 51.1 Å². The Hall–Kier alpha value is -3.68. The highest BCUT2D eigenvalue weighted by Crippen LogP contribution is 2.36. The van der Waals surface area contributed by atoms with Gasteiger partial charge in [-0.15, -0.1) is 11.3 Å². The lowest BCUT2D eigenvalue weighted by Crippen LogP contribution is -2.21. The summed E-state index contributed by atoms with van der Waals surface area (Å²) in [4.78, 5) is 16.4. The molecular weight excluding hydrogens is 478 g/mol. The largest absolute Gasteiger partial charge is 0.437 e. The van der Waals surface area contributed by atoms with Crippen molar-refractivity contribution in [2.45, 2.75) is 45.7 Å². The number of pyridine rings is 1. The number of hydrogen-bond acceptors (Lipinski definition) is 6.